The van der Waals surface area contributed by atoms with E-state index >= 15 is 0 Å². The zero-order valence-electron chi connectivity index (χ0n) is 10.4. The molecule has 1 aromatic heterocycles. The Labute approximate surface area is 116 Å². The molecule has 0 aliphatic carbocycles. The van der Waals surface area contributed by atoms with E-state index in [1.54, 1.807) is 0 Å². The van der Waals surface area contributed by atoms with Crippen molar-refractivity contribution in [3.05, 3.63) is 23.2 Å². The number of rotatable bonds is 6. The molecule has 0 aromatic carbocycles. The lowest BCUT2D eigenvalue weighted by molar-refractivity contribution is -0.118. The molecule has 1 aromatic rings. The summed E-state index contributed by atoms with van der Waals surface area (Å²) in [5, 5.41) is 11.1. The largest absolute Gasteiger partial charge is 0.478 e. The van der Waals surface area contributed by atoms with Crippen molar-refractivity contribution < 1.29 is 32.3 Å². The quantitative estimate of drug-likeness (QED) is 0.842. The Balaban J connectivity index is 2.38. The van der Waals surface area contributed by atoms with Gasteiger partial charge in [-0.15, -0.1) is 11.8 Å². The maximum atomic E-state index is 11.9. The topological polar surface area (TPSA) is 79.5 Å². The van der Waals surface area contributed by atoms with Gasteiger partial charge in [0, 0.05) is 0 Å². The van der Waals surface area contributed by atoms with E-state index < -0.39 is 23.8 Å². The third kappa shape index (κ3) is 5.55. The molecule has 1 rings (SSSR count). The highest BCUT2D eigenvalue weighted by Gasteiger charge is 2.27. The average molecular weight is 311 g/mol. The highest BCUT2D eigenvalue weighted by atomic mass is 32.2. The van der Waals surface area contributed by atoms with Crippen LogP contribution in [0.1, 0.15) is 21.9 Å². The number of furan rings is 1. The van der Waals surface area contributed by atoms with Gasteiger partial charge in [-0.3, -0.25) is 4.79 Å². The fourth-order valence-corrected chi connectivity index (χ4v) is 1.96. The predicted octanol–water partition coefficient (Wildman–Crippen LogP) is 2.20. The van der Waals surface area contributed by atoms with Gasteiger partial charge < -0.3 is 14.8 Å². The van der Waals surface area contributed by atoms with Crippen LogP contribution in [0.4, 0.5) is 13.2 Å². The highest BCUT2D eigenvalue weighted by molar-refractivity contribution is 8.00. The summed E-state index contributed by atoms with van der Waals surface area (Å²) >= 11 is 0.455. The number of hydrogen-bond donors (Lipinski definition) is 2. The van der Waals surface area contributed by atoms with Crippen molar-refractivity contribution in [1.29, 1.82) is 0 Å². The molecule has 0 unspecified atom stereocenters. The Morgan fingerprint density at radius 2 is 2.10 bits per heavy atom. The number of carbonyl (C=O) groups is 2. The second kappa shape index (κ2) is 6.69. The zero-order valence-corrected chi connectivity index (χ0v) is 11.2. The molecule has 0 bridgehead atoms. The van der Waals surface area contributed by atoms with Crippen LogP contribution in [-0.2, 0) is 11.3 Å². The minimum atomic E-state index is -4.31. The zero-order chi connectivity index (χ0) is 15.3. The Bertz CT molecular complexity index is 498. The van der Waals surface area contributed by atoms with Crippen LogP contribution in [0, 0.1) is 6.92 Å². The standard InChI is InChI=1S/C11H12F3NO4S/c1-6-8(10(17)18)2-7(19-6)3-15-9(16)4-20-5-11(12,13)14/h2H,3-5H2,1H3,(H,15,16)(H,17,18). The molecule has 112 valence electrons. The minimum absolute atomic E-state index is 0.0132. The number of halogens is 3. The van der Waals surface area contributed by atoms with E-state index in [2.05, 4.69) is 5.32 Å². The van der Waals surface area contributed by atoms with Crippen LogP contribution >= 0.6 is 11.8 Å². The third-order valence-corrected chi connectivity index (χ3v) is 3.16. The number of hydrogen-bond acceptors (Lipinski definition) is 4. The van der Waals surface area contributed by atoms with Gasteiger partial charge in [-0.2, -0.15) is 13.2 Å². The van der Waals surface area contributed by atoms with Crippen molar-refractivity contribution >= 4 is 23.6 Å². The van der Waals surface area contributed by atoms with Crippen LogP contribution in [-0.4, -0.2) is 34.7 Å². The monoisotopic (exact) mass is 311 g/mol. The number of nitrogens with one attached hydrogen (secondary N) is 1. The Morgan fingerprint density at radius 3 is 2.60 bits per heavy atom. The molecule has 1 heterocycles. The van der Waals surface area contributed by atoms with E-state index in [1.807, 2.05) is 0 Å². The molecule has 0 atom stereocenters. The van der Waals surface area contributed by atoms with Gasteiger partial charge in [-0.05, 0) is 13.0 Å². The molecule has 0 aliphatic rings. The van der Waals surface area contributed by atoms with Gasteiger partial charge in [0.05, 0.1) is 18.1 Å². The summed E-state index contributed by atoms with van der Waals surface area (Å²) in [5.41, 5.74) is -0.0132. The Morgan fingerprint density at radius 1 is 1.45 bits per heavy atom. The average Bonchev–Trinajstić information content (AvgIpc) is 2.66. The highest BCUT2D eigenvalue weighted by Crippen LogP contribution is 2.20. The number of alkyl halides is 3. The van der Waals surface area contributed by atoms with Gasteiger partial charge in [0.15, 0.2) is 0 Å². The fourth-order valence-electron chi connectivity index (χ4n) is 1.34. The van der Waals surface area contributed by atoms with Gasteiger partial charge in [-0.25, -0.2) is 4.79 Å². The van der Waals surface area contributed by atoms with Gasteiger partial charge >= 0.3 is 12.1 Å². The van der Waals surface area contributed by atoms with Crippen molar-refractivity contribution in [3.63, 3.8) is 0 Å². The number of carboxylic acid groups (broad SMARTS) is 1. The van der Waals surface area contributed by atoms with Crippen LogP contribution in [0.5, 0.6) is 0 Å². The normalized spacial score (nSPS) is 11.4. The van der Waals surface area contributed by atoms with Crippen LogP contribution in [0.25, 0.3) is 0 Å². The lowest BCUT2D eigenvalue weighted by atomic mass is 10.2. The second-order valence-corrected chi connectivity index (χ2v) is 4.86. The van der Waals surface area contributed by atoms with E-state index in [0.717, 1.165) is 0 Å². The molecule has 0 aliphatic heterocycles. The van der Waals surface area contributed by atoms with Crippen molar-refractivity contribution in [3.8, 4) is 0 Å². The lowest BCUT2D eigenvalue weighted by Gasteiger charge is -2.06. The van der Waals surface area contributed by atoms with E-state index in [0.29, 0.717) is 11.8 Å². The number of carboxylic acids is 1. The molecule has 0 radical (unpaired) electrons. The van der Waals surface area contributed by atoms with Gasteiger partial charge in [0.2, 0.25) is 5.91 Å². The maximum Gasteiger partial charge on any atom is 0.397 e. The van der Waals surface area contributed by atoms with E-state index in [-0.39, 0.29) is 29.4 Å². The minimum Gasteiger partial charge on any atom is -0.478 e. The van der Waals surface area contributed by atoms with Crippen LogP contribution < -0.4 is 5.32 Å². The van der Waals surface area contributed by atoms with Crippen LogP contribution in [0.15, 0.2) is 10.5 Å². The van der Waals surface area contributed by atoms with Crippen LogP contribution in [0.2, 0.25) is 0 Å². The summed E-state index contributed by atoms with van der Waals surface area (Å²) in [7, 11) is 0. The predicted molar refractivity (Wildman–Crippen MR) is 65.6 cm³/mol. The van der Waals surface area contributed by atoms with Crippen molar-refractivity contribution in [2.45, 2.75) is 19.6 Å². The van der Waals surface area contributed by atoms with Gasteiger partial charge in [0.1, 0.15) is 17.1 Å². The SMILES string of the molecule is Cc1oc(CNC(=O)CSCC(F)(F)F)cc1C(=O)O. The summed E-state index contributed by atoms with van der Waals surface area (Å²) in [6.07, 6.45) is -4.31. The Kier molecular flexibility index (Phi) is 5.49. The number of aromatic carboxylic acids is 1. The van der Waals surface area contributed by atoms with Crippen molar-refractivity contribution in [2.75, 3.05) is 11.5 Å². The molecule has 0 saturated heterocycles. The number of carbonyl (C=O) groups excluding carboxylic acids is 1. The Hall–Kier alpha value is -1.64. The second-order valence-electron chi connectivity index (χ2n) is 3.87. The summed E-state index contributed by atoms with van der Waals surface area (Å²) in [6, 6.07) is 1.26. The molecule has 0 saturated carbocycles. The fraction of sp³-hybridized carbons (Fsp3) is 0.455. The molecule has 0 fully saturated rings. The first-order valence-electron chi connectivity index (χ1n) is 5.43. The molecular formula is C11H12F3NO4S. The van der Waals surface area contributed by atoms with Gasteiger partial charge in [-0.1, -0.05) is 0 Å². The lowest BCUT2D eigenvalue weighted by Crippen LogP contribution is -2.25. The summed E-state index contributed by atoms with van der Waals surface area (Å²) < 4.78 is 40.7. The molecule has 5 nitrogen and oxygen atoms in total. The summed E-state index contributed by atoms with van der Waals surface area (Å²) in [4.78, 5) is 22.0. The van der Waals surface area contributed by atoms with Crippen molar-refractivity contribution in [1.82, 2.24) is 5.32 Å². The molecule has 1 amide bonds. The summed E-state index contributed by atoms with van der Waals surface area (Å²) in [5.74, 6) is -2.72. The van der Waals surface area contributed by atoms with Crippen LogP contribution in [0.3, 0.4) is 0 Å². The van der Waals surface area contributed by atoms with Gasteiger partial charge in [0.25, 0.3) is 0 Å². The maximum absolute atomic E-state index is 11.9. The third-order valence-electron chi connectivity index (χ3n) is 2.16. The van der Waals surface area contributed by atoms with E-state index in [4.69, 9.17) is 9.52 Å². The first kappa shape index (κ1) is 16.4. The van der Waals surface area contributed by atoms with E-state index in [1.165, 1.54) is 13.0 Å². The number of thioether (sulfide) groups is 1. The number of amides is 1. The first-order valence-corrected chi connectivity index (χ1v) is 6.58. The molecule has 0 spiro atoms. The molecular weight excluding hydrogens is 299 g/mol. The number of aryl methyl sites for hydroxylation is 1. The molecule has 9 heteroatoms. The smallest absolute Gasteiger partial charge is 0.397 e. The molecule has 20 heavy (non-hydrogen) atoms. The summed E-state index contributed by atoms with van der Waals surface area (Å²) in [6.45, 7) is 1.40. The van der Waals surface area contributed by atoms with Crippen molar-refractivity contribution in [2.24, 2.45) is 0 Å². The molecule has 2 N–H and O–H groups in total. The first-order chi connectivity index (χ1) is 9.19. The van der Waals surface area contributed by atoms with E-state index in [9.17, 15) is 22.8 Å².